The molecule has 0 aromatic heterocycles. The Morgan fingerprint density at radius 1 is 0.850 bits per heavy atom. The lowest BCUT2D eigenvalue weighted by molar-refractivity contribution is -0.139. The number of carbonyl (C=O) groups is 2. The lowest BCUT2D eigenvalue weighted by atomic mass is 10.4. The first-order valence-corrected chi connectivity index (χ1v) is 8.51. The molecule has 0 saturated heterocycles. The van der Waals surface area contributed by atoms with Crippen molar-refractivity contribution in [2.45, 2.75) is 45.8 Å². The van der Waals surface area contributed by atoms with Crippen LogP contribution in [0.2, 0.25) is 0 Å². The first-order chi connectivity index (χ1) is 9.23. The molecular weight excluding hydrogens is 281 g/mol. The van der Waals surface area contributed by atoms with Crippen molar-refractivity contribution in [3.8, 4) is 0 Å². The molecule has 0 aliphatic heterocycles. The van der Waals surface area contributed by atoms with Crippen molar-refractivity contribution < 1.29 is 19.8 Å². The minimum atomic E-state index is -0.886. The normalized spacial score (nSPS) is 15.8. The van der Waals surface area contributed by atoms with Gasteiger partial charge in [0.2, 0.25) is 0 Å². The molecular formula is C12H26N3O4P. The zero-order chi connectivity index (χ0) is 15.7. The molecule has 8 heteroatoms. The van der Waals surface area contributed by atoms with Gasteiger partial charge in [0.25, 0.3) is 0 Å². The van der Waals surface area contributed by atoms with Crippen LogP contribution >= 0.6 is 7.92 Å². The second kappa shape index (κ2) is 10.0. The smallest absolute Gasteiger partial charge is 0.320 e. The summed E-state index contributed by atoms with van der Waals surface area (Å²) >= 11 is 0. The molecule has 0 bridgehead atoms. The van der Waals surface area contributed by atoms with Gasteiger partial charge < -0.3 is 26.2 Å². The van der Waals surface area contributed by atoms with Crippen LogP contribution in [0.25, 0.3) is 0 Å². The minimum Gasteiger partial charge on any atom is -0.480 e. The molecule has 0 aromatic rings. The van der Waals surface area contributed by atoms with Crippen molar-refractivity contribution in [1.29, 1.82) is 0 Å². The summed E-state index contributed by atoms with van der Waals surface area (Å²) in [5.41, 5.74) is 0. The van der Waals surface area contributed by atoms with Crippen LogP contribution in [0.4, 0.5) is 0 Å². The fourth-order valence-electron chi connectivity index (χ4n) is 1.19. The largest absolute Gasteiger partial charge is 0.480 e. The topological polar surface area (TPSA) is 111 Å². The molecule has 0 radical (unpaired) electrons. The number of nitrogens with one attached hydrogen (secondary N) is 3. The Morgan fingerprint density at radius 3 is 1.50 bits per heavy atom. The first kappa shape index (κ1) is 19.2. The highest BCUT2D eigenvalue weighted by Crippen LogP contribution is 2.31. The molecule has 0 rings (SSSR count). The Hall–Kier alpha value is -0.750. The quantitative estimate of drug-likeness (QED) is 0.353. The lowest BCUT2D eigenvalue weighted by Gasteiger charge is -2.23. The predicted octanol–water partition coefficient (Wildman–Crippen LogP) is 0.464. The van der Waals surface area contributed by atoms with Crippen molar-refractivity contribution in [1.82, 2.24) is 16.0 Å². The molecule has 0 spiro atoms. The highest BCUT2D eigenvalue weighted by molar-refractivity contribution is 7.57. The van der Waals surface area contributed by atoms with Gasteiger partial charge in [0.1, 0.15) is 12.1 Å². The Labute approximate surface area is 121 Å². The highest BCUT2D eigenvalue weighted by atomic mass is 31.1. The monoisotopic (exact) mass is 307 g/mol. The third-order valence-corrected chi connectivity index (χ3v) is 4.60. The van der Waals surface area contributed by atoms with Crippen molar-refractivity contribution in [2.75, 3.05) is 18.9 Å². The predicted molar refractivity (Wildman–Crippen MR) is 80.3 cm³/mol. The lowest BCUT2D eigenvalue weighted by Crippen LogP contribution is -2.39. The number of hydrogen-bond acceptors (Lipinski definition) is 5. The van der Waals surface area contributed by atoms with E-state index >= 15 is 0 Å². The van der Waals surface area contributed by atoms with Crippen LogP contribution in [-0.4, -0.2) is 59.1 Å². The van der Waals surface area contributed by atoms with Crippen LogP contribution in [0.1, 0.15) is 27.7 Å². The van der Waals surface area contributed by atoms with Crippen LogP contribution < -0.4 is 16.0 Å². The molecule has 118 valence electrons. The Morgan fingerprint density at radius 2 is 1.20 bits per heavy atom. The molecule has 2 atom stereocenters. The van der Waals surface area contributed by atoms with Crippen LogP contribution in [0.5, 0.6) is 0 Å². The second-order valence-corrected chi connectivity index (χ2v) is 7.32. The fraction of sp³-hybridized carbons (Fsp3) is 0.833. The average Bonchev–Trinajstić information content (AvgIpc) is 2.36. The van der Waals surface area contributed by atoms with E-state index in [9.17, 15) is 9.59 Å². The van der Waals surface area contributed by atoms with E-state index in [-0.39, 0.29) is 0 Å². The van der Waals surface area contributed by atoms with Crippen molar-refractivity contribution >= 4 is 19.9 Å². The summed E-state index contributed by atoms with van der Waals surface area (Å²) in [4.78, 5) is 21.5. The van der Waals surface area contributed by atoms with E-state index in [0.717, 1.165) is 6.29 Å². The third kappa shape index (κ3) is 9.20. The van der Waals surface area contributed by atoms with Gasteiger partial charge >= 0.3 is 11.9 Å². The SMILES string of the molecule is CC(C)NCP(CNC(C)C(=O)O)CNC(C)C(=O)O. The Bertz CT molecular complexity index is 291. The van der Waals surface area contributed by atoms with Crippen molar-refractivity contribution in [3.05, 3.63) is 0 Å². The van der Waals surface area contributed by atoms with Gasteiger partial charge in [-0.15, -0.1) is 0 Å². The summed E-state index contributed by atoms with van der Waals surface area (Å²) in [7, 11) is -0.568. The molecule has 0 heterocycles. The number of carboxylic acids is 2. The Balaban J connectivity index is 4.26. The van der Waals surface area contributed by atoms with Gasteiger partial charge in [-0.3, -0.25) is 9.59 Å². The molecule has 0 saturated carbocycles. The van der Waals surface area contributed by atoms with Crippen LogP contribution in [0.3, 0.4) is 0 Å². The molecule has 2 unspecified atom stereocenters. The van der Waals surface area contributed by atoms with Crippen molar-refractivity contribution in [3.63, 3.8) is 0 Å². The minimum absolute atomic E-state index is 0.341. The summed E-state index contributed by atoms with van der Waals surface area (Å²) in [6.07, 6.45) is 1.90. The number of carboxylic acid groups (broad SMARTS) is 2. The van der Waals surface area contributed by atoms with Crippen LogP contribution in [0, 0.1) is 0 Å². The van der Waals surface area contributed by atoms with E-state index in [4.69, 9.17) is 10.2 Å². The van der Waals surface area contributed by atoms with E-state index in [0.29, 0.717) is 18.6 Å². The second-order valence-electron chi connectivity index (χ2n) is 5.03. The van der Waals surface area contributed by atoms with Gasteiger partial charge in [0.15, 0.2) is 0 Å². The fourth-order valence-corrected chi connectivity index (χ4v) is 3.21. The maximum atomic E-state index is 10.8. The average molecular weight is 307 g/mol. The molecule has 20 heavy (non-hydrogen) atoms. The van der Waals surface area contributed by atoms with Crippen molar-refractivity contribution in [2.24, 2.45) is 0 Å². The Kier molecular flexibility index (Phi) is 9.67. The van der Waals surface area contributed by atoms with Gasteiger partial charge in [-0.2, -0.15) is 0 Å². The molecule has 7 nitrogen and oxygen atoms in total. The van der Waals surface area contributed by atoms with Gasteiger partial charge in [0.05, 0.1) is 0 Å². The highest BCUT2D eigenvalue weighted by Gasteiger charge is 2.16. The summed E-state index contributed by atoms with van der Waals surface area (Å²) in [5, 5.41) is 26.9. The molecule has 0 aliphatic rings. The number of aliphatic carboxylic acids is 2. The van der Waals surface area contributed by atoms with Gasteiger partial charge in [-0.1, -0.05) is 21.8 Å². The first-order valence-electron chi connectivity index (χ1n) is 6.62. The number of rotatable bonds is 11. The number of hydrogen-bond donors (Lipinski definition) is 5. The van der Waals surface area contributed by atoms with Gasteiger partial charge in [-0.25, -0.2) is 0 Å². The van der Waals surface area contributed by atoms with Crippen LogP contribution in [-0.2, 0) is 9.59 Å². The molecule has 0 aromatic carbocycles. The van der Waals surface area contributed by atoms with Gasteiger partial charge in [-0.05, 0) is 13.8 Å². The summed E-state index contributed by atoms with van der Waals surface area (Å²) in [6.45, 7) is 7.26. The molecule has 5 N–H and O–H groups in total. The summed E-state index contributed by atoms with van der Waals surface area (Å²) in [5.74, 6) is -1.77. The maximum absolute atomic E-state index is 10.8. The summed E-state index contributed by atoms with van der Waals surface area (Å²) in [6, 6.07) is -0.860. The molecule has 0 amide bonds. The van der Waals surface area contributed by atoms with E-state index in [1.807, 2.05) is 13.8 Å². The van der Waals surface area contributed by atoms with E-state index in [1.54, 1.807) is 13.8 Å². The maximum Gasteiger partial charge on any atom is 0.320 e. The van der Waals surface area contributed by atoms with E-state index in [1.165, 1.54) is 0 Å². The van der Waals surface area contributed by atoms with E-state index < -0.39 is 31.9 Å². The molecule has 0 aliphatic carbocycles. The zero-order valence-electron chi connectivity index (χ0n) is 12.5. The standard InChI is InChI=1S/C12H26N3O4P/c1-8(2)13-5-20(6-14-9(3)11(16)17)7-15-10(4)12(18)19/h8-10,13-15H,5-7H2,1-4H3,(H,16,17)(H,18,19). The van der Waals surface area contributed by atoms with Gasteiger partial charge in [0, 0.05) is 24.9 Å². The molecule has 0 fully saturated rings. The summed E-state index contributed by atoms with van der Waals surface area (Å²) < 4.78 is 0. The van der Waals surface area contributed by atoms with Crippen LogP contribution in [0.15, 0.2) is 0 Å². The van der Waals surface area contributed by atoms with E-state index in [2.05, 4.69) is 16.0 Å². The third-order valence-electron chi connectivity index (χ3n) is 2.71. The zero-order valence-corrected chi connectivity index (χ0v) is 13.4.